The predicted molar refractivity (Wildman–Crippen MR) is 102 cm³/mol. The smallest absolute Gasteiger partial charge is 0.325 e. The zero-order chi connectivity index (χ0) is 20.4. The number of benzene rings is 1. The number of carboxylic acids is 1. The highest BCUT2D eigenvalue weighted by Gasteiger charge is 2.44. The lowest BCUT2D eigenvalue weighted by Crippen LogP contribution is -2.38. The maximum absolute atomic E-state index is 12.8. The zero-order valence-electron chi connectivity index (χ0n) is 16.1. The average Bonchev–Trinajstić information content (AvgIpc) is 3.21. The van der Waals surface area contributed by atoms with Crippen molar-refractivity contribution >= 4 is 17.9 Å². The Labute approximate surface area is 163 Å². The van der Waals surface area contributed by atoms with Crippen molar-refractivity contribution < 1.29 is 19.5 Å². The first-order valence-corrected chi connectivity index (χ1v) is 9.25. The fourth-order valence-electron chi connectivity index (χ4n) is 3.38. The molecule has 1 aromatic carbocycles. The van der Waals surface area contributed by atoms with Crippen LogP contribution in [-0.2, 0) is 9.59 Å². The number of aromatic nitrogens is 2. The molecule has 0 aliphatic carbocycles. The summed E-state index contributed by atoms with van der Waals surface area (Å²) >= 11 is 0. The molecule has 1 aromatic heterocycles. The van der Waals surface area contributed by atoms with E-state index in [4.69, 9.17) is 5.11 Å². The molecule has 2 aromatic rings. The van der Waals surface area contributed by atoms with Gasteiger partial charge in [-0.1, -0.05) is 43.7 Å². The molecule has 28 heavy (non-hydrogen) atoms. The minimum Gasteiger partial charge on any atom is -0.481 e. The Kier molecular flexibility index (Phi) is 5.48. The third-order valence-corrected chi connectivity index (χ3v) is 4.85. The number of nitrogens with zero attached hydrogens (tertiary/aromatic N) is 2. The Morgan fingerprint density at radius 1 is 1.25 bits per heavy atom. The van der Waals surface area contributed by atoms with E-state index in [1.165, 1.54) is 0 Å². The van der Waals surface area contributed by atoms with Gasteiger partial charge in [-0.25, -0.2) is 9.78 Å². The number of hydrogen-bond donors (Lipinski definition) is 3. The number of amides is 3. The van der Waals surface area contributed by atoms with Crippen molar-refractivity contribution in [2.45, 2.75) is 45.7 Å². The van der Waals surface area contributed by atoms with E-state index < -0.39 is 30.0 Å². The summed E-state index contributed by atoms with van der Waals surface area (Å²) in [6, 6.07) is 6.05. The summed E-state index contributed by atoms with van der Waals surface area (Å²) in [4.78, 5) is 44.9. The number of carbonyl (C=O) groups excluding carboxylic acids is 2. The Morgan fingerprint density at radius 2 is 1.93 bits per heavy atom. The number of rotatable bonds is 7. The number of imide groups is 1. The van der Waals surface area contributed by atoms with Gasteiger partial charge in [0.05, 0.1) is 11.9 Å². The molecular weight excluding hydrogens is 360 g/mol. The molecule has 1 aliphatic heterocycles. The van der Waals surface area contributed by atoms with E-state index in [1.54, 1.807) is 6.20 Å². The van der Waals surface area contributed by atoms with Gasteiger partial charge < -0.3 is 15.4 Å². The number of aromatic amines is 1. The van der Waals surface area contributed by atoms with Gasteiger partial charge in [0, 0.05) is 6.42 Å². The van der Waals surface area contributed by atoms with Crippen molar-refractivity contribution in [1.82, 2.24) is 20.2 Å². The maximum Gasteiger partial charge on any atom is 0.325 e. The maximum atomic E-state index is 12.8. The molecule has 0 unspecified atom stereocenters. The monoisotopic (exact) mass is 384 g/mol. The Morgan fingerprint density at radius 3 is 2.54 bits per heavy atom. The molecule has 3 rings (SSSR count). The largest absolute Gasteiger partial charge is 0.481 e. The highest BCUT2D eigenvalue weighted by molar-refractivity contribution is 6.04. The van der Waals surface area contributed by atoms with Gasteiger partial charge >= 0.3 is 12.0 Å². The van der Waals surface area contributed by atoms with Crippen molar-refractivity contribution in [2.24, 2.45) is 5.92 Å². The summed E-state index contributed by atoms with van der Waals surface area (Å²) in [5.41, 5.74) is 2.91. The van der Waals surface area contributed by atoms with Crippen LogP contribution < -0.4 is 5.32 Å². The van der Waals surface area contributed by atoms with Crippen molar-refractivity contribution in [1.29, 1.82) is 0 Å². The molecule has 0 saturated carbocycles. The summed E-state index contributed by atoms with van der Waals surface area (Å²) in [6.07, 6.45) is 1.57. The number of urea groups is 1. The fourth-order valence-corrected chi connectivity index (χ4v) is 3.38. The highest BCUT2D eigenvalue weighted by Crippen LogP contribution is 2.31. The lowest BCUT2D eigenvalue weighted by Gasteiger charge is -2.27. The molecule has 1 saturated heterocycles. The van der Waals surface area contributed by atoms with Crippen LogP contribution in [0.5, 0.6) is 0 Å². The average molecular weight is 384 g/mol. The molecule has 1 fully saturated rings. The molecule has 8 nitrogen and oxygen atoms in total. The van der Waals surface area contributed by atoms with Crippen LogP contribution in [0.2, 0.25) is 0 Å². The predicted octanol–water partition coefficient (Wildman–Crippen LogP) is 2.87. The zero-order valence-corrected chi connectivity index (χ0v) is 16.1. The minimum absolute atomic E-state index is 0.0635. The van der Waals surface area contributed by atoms with Gasteiger partial charge in [-0.3, -0.25) is 14.5 Å². The van der Waals surface area contributed by atoms with Crippen molar-refractivity contribution in [3.63, 3.8) is 0 Å². The number of carbonyl (C=O) groups is 3. The molecule has 8 heteroatoms. The molecule has 0 bridgehead atoms. The summed E-state index contributed by atoms with van der Waals surface area (Å²) in [6.45, 7) is 5.82. The molecule has 3 N–H and O–H groups in total. The number of imidazole rings is 1. The van der Waals surface area contributed by atoms with Crippen molar-refractivity contribution in [2.75, 3.05) is 0 Å². The second-order valence-corrected chi connectivity index (χ2v) is 7.38. The van der Waals surface area contributed by atoms with E-state index in [9.17, 15) is 14.4 Å². The number of aliphatic carboxylic acids is 1. The molecule has 1 aliphatic rings. The third kappa shape index (κ3) is 3.90. The van der Waals surface area contributed by atoms with E-state index >= 15 is 0 Å². The number of nitrogens with one attached hydrogen (secondary N) is 2. The van der Waals surface area contributed by atoms with Gasteiger partial charge in [0.1, 0.15) is 17.9 Å². The van der Waals surface area contributed by atoms with Crippen molar-refractivity contribution in [3.05, 3.63) is 41.9 Å². The lowest BCUT2D eigenvalue weighted by molar-refractivity contribution is -0.137. The van der Waals surface area contributed by atoms with Crippen LogP contribution in [0.3, 0.4) is 0 Å². The summed E-state index contributed by atoms with van der Waals surface area (Å²) in [7, 11) is 0. The van der Waals surface area contributed by atoms with Gasteiger partial charge in [0.2, 0.25) is 0 Å². The van der Waals surface area contributed by atoms with Gasteiger partial charge in [-0.15, -0.1) is 0 Å². The SMILES string of the molecule is Cc1ccc(-c2cnc([C@H](C(C)C)N3C(=O)N[C@H](CCC(=O)O)C3=O)[nH]2)cc1. The first kappa shape index (κ1) is 19.6. The first-order chi connectivity index (χ1) is 13.3. The second-order valence-electron chi connectivity index (χ2n) is 7.38. The highest BCUT2D eigenvalue weighted by atomic mass is 16.4. The van der Waals surface area contributed by atoms with Crippen LogP contribution in [0.15, 0.2) is 30.5 Å². The van der Waals surface area contributed by atoms with E-state index in [1.807, 2.05) is 45.0 Å². The van der Waals surface area contributed by atoms with Gasteiger partial charge in [-0.05, 0) is 24.8 Å². The van der Waals surface area contributed by atoms with E-state index in [0.717, 1.165) is 21.7 Å². The van der Waals surface area contributed by atoms with E-state index in [0.29, 0.717) is 5.82 Å². The van der Waals surface area contributed by atoms with Crippen LogP contribution in [-0.4, -0.2) is 43.9 Å². The molecule has 0 spiro atoms. The molecule has 3 amide bonds. The van der Waals surface area contributed by atoms with Crippen LogP contribution in [0.1, 0.15) is 44.1 Å². The molecular formula is C20H24N4O4. The Hall–Kier alpha value is -3.16. The van der Waals surface area contributed by atoms with E-state index in [2.05, 4.69) is 15.3 Å². The normalized spacial score (nSPS) is 17.9. The van der Waals surface area contributed by atoms with Gasteiger partial charge in [-0.2, -0.15) is 0 Å². The van der Waals surface area contributed by atoms with Crippen LogP contribution in [0, 0.1) is 12.8 Å². The lowest BCUT2D eigenvalue weighted by atomic mass is 10.0. The van der Waals surface area contributed by atoms with E-state index in [-0.39, 0.29) is 18.8 Å². The quantitative estimate of drug-likeness (QED) is 0.635. The van der Waals surface area contributed by atoms with Crippen LogP contribution in [0.25, 0.3) is 11.3 Å². The second kappa shape index (κ2) is 7.84. The standard InChI is InChI=1S/C20H24N4O4/c1-11(2)17(24-19(27)14(23-20(24)28)8-9-16(25)26)18-21-10-15(22-18)13-6-4-12(3)5-7-13/h4-7,10-11,14,17H,8-9H2,1-3H3,(H,21,22)(H,23,28)(H,25,26)/t14-,17+/m1/s1. The Balaban J connectivity index is 1.86. The summed E-state index contributed by atoms with van der Waals surface area (Å²) in [5.74, 6) is -0.981. The van der Waals surface area contributed by atoms with Crippen LogP contribution >= 0.6 is 0 Å². The first-order valence-electron chi connectivity index (χ1n) is 9.25. The van der Waals surface area contributed by atoms with Gasteiger partial charge in [0.25, 0.3) is 5.91 Å². The van der Waals surface area contributed by atoms with Gasteiger partial charge in [0.15, 0.2) is 0 Å². The number of aryl methyl sites for hydroxylation is 1. The molecule has 148 valence electrons. The van der Waals surface area contributed by atoms with Crippen molar-refractivity contribution in [3.8, 4) is 11.3 Å². The Bertz CT molecular complexity index is 888. The summed E-state index contributed by atoms with van der Waals surface area (Å²) < 4.78 is 0. The van der Waals surface area contributed by atoms with Crippen LogP contribution in [0.4, 0.5) is 4.79 Å². The fraction of sp³-hybridized carbons (Fsp3) is 0.400. The number of H-pyrrole nitrogens is 1. The summed E-state index contributed by atoms with van der Waals surface area (Å²) in [5, 5.41) is 11.4. The molecule has 0 radical (unpaired) electrons. The minimum atomic E-state index is -1.00. The topological polar surface area (TPSA) is 115 Å². The number of carboxylic acid groups (broad SMARTS) is 1. The molecule has 2 heterocycles. The third-order valence-electron chi connectivity index (χ3n) is 4.85. The number of hydrogen-bond acceptors (Lipinski definition) is 4. The molecule has 2 atom stereocenters.